The van der Waals surface area contributed by atoms with Gasteiger partial charge in [0.25, 0.3) is 5.91 Å². The summed E-state index contributed by atoms with van der Waals surface area (Å²) in [5, 5.41) is 13.9. The quantitative estimate of drug-likeness (QED) is 0.345. The fourth-order valence-electron chi connectivity index (χ4n) is 4.53. The Balaban J connectivity index is 1.47. The van der Waals surface area contributed by atoms with Crippen molar-refractivity contribution in [2.45, 2.75) is 11.8 Å². The molecule has 0 spiro atoms. The summed E-state index contributed by atoms with van der Waals surface area (Å²) in [6, 6.07) is 20.2. The second-order valence-corrected chi connectivity index (χ2v) is 11.4. The molecule has 0 radical (unpaired) electrons. The number of carbonyl (C=O) groups is 1. The van der Waals surface area contributed by atoms with Gasteiger partial charge < -0.3 is 20.7 Å². The van der Waals surface area contributed by atoms with E-state index in [9.17, 15) is 13.2 Å². The Morgan fingerprint density at radius 2 is 1.67 bits per heavy atom. The zero-order valence-corrected chi connectivity index (χ0v) is 22.6. The minimum absolute atomic E-state index is 0.193. The molecule has 5 rings (SSSR count). The Morgan fingerprint density at radius 1 is 0.974 bits per heavy atom. The monoisotopic (exact) mass is 546 g/mol. The molecule has 0 bridgehead atoms. The van der Waals surface area contributed by atoms with Gasteiger partial charge in [-0.05, 0) is 49.9 Å². The highest BCUT2D eigenvalue weighted by Crippen LogP contribution is 2.33. The van der Waals surface area contributed by atoms with Crippen LogP contribution < -0.4 is 15.8 Å². The van der Waals surface area contributed by atoms with Gasteiger partial charge in [0.1, 0.15) is 11.4 Å². The molecule has 202 valence electrons. The van der Waals surface area contributed by atoms with Crippen molar-refractivity contribution in [1.29, 1.82) is 0 Å². The molecular weight excluding hydrogens is 516 g/mol. The highest BCUT2D eigenvalue weighted by Gasteiger charge is 2.29. The largest absolute Gasteiger partial charge is 0.484 e. The van der Waals surface area contributed by atoms with Crippen LogP contribution in [-0.2, 0) is 14.8 Å². The van der Waals surface area contributed by atoms with Crippen LogP contribution in [0.1, 0.15) is 5.56 Å². The maximum absolute atomic E-state index is 13.5. The number of carbonyl (C=O) groups excluding carboxylic acids is 1. The van der Waals surface area contributed by atoms with Gasteiger partial charge in [-0.15, -0.1) is 10.2 Å². The van der Waals surface area contributed by atoms with Crippen molar-refractivity contribution in [1.82, 2.24) is 19.4 Å². The highest BCUT2D eigenvalue weighted by molar-refractivity contribution is 7.89. The van der Waals surface area contributed by atoms with Crippen LogP contribution in [0.4, 0.5) is 11.5 Å². The van der Waals surface area contributed by atoms with Crippen LogP contribution in [0.25, 0.3) is 22.0 Å². The Hall–Kier alpha value is -4.06. The predicted octanol–water partition coefficient (Wildman–Crippen LogP) is 3.15. The molecule has 0 aliphatic carbocycles. The summed E-state index contributed by atoms with van der Waals surface area (Å²) in [5.74, 6) is 0.529. The average Bonchev–Trinajstić information content (AvgIpc) is 2.93. The van der Waals surface area contributed by atoms with E-state index in [1.807, 2.05) is 50.4 Å². The van der Waals surface area contributed by atoms with Crippen molar-refractivity contribution in [3.8, 4) is 17.0 Å². The standard InChI is InChI=1S/C28H30N6O4S/c1-19-7-8-20(17-25(19)39(36,37)34-15-13-33(2)14-16-34)27-23-5-3-4-6-24(23)28(32-31-27)30-21-9-11-22(12-10-21)38-18-26(29)35/h3-12,17H,13-16,18H2,1-2H3,(H2,29,35)(H,30,32). The molecule has 0 atom stereocenters. The summed E-state index contributed by atoms with van der Waals surface area (Å²) >= 11 is 0. The van der Waals surface area contributed by atoms with Gasteiger partial charge in [-0.25, -0.2) is 8.42 Å². The molecule has 1 fully saturated rings. The van der Waals surface area contributed by atoms with Crippen LogP contribution in [0.15, 0.2) is 71.6 Å². The molecule has 1 saturated heterocycles. The third-order valence-corrected chi connectivity index (χ3v) is 8.77. The van der Waals surface area contributed by atoms with E-state index in [4.69, 9.17) is 10.5 Å². The van der Waals surface area contributed by atoms with E-state index in [0.717, 1.165) is 16.5 Å². The highest BCUT2D eigenvalue weighted by atomic mass is 32.2. The van der Waals surface area contributed by atoms with Crippen LogP contribution in [0.5, 0.6) is 5.75 Å². The van der Waals surface area contributed by atoms with Gasteiger partial charge >= 0.3 is 0 Å². The van der Waals surface area contributed by atoms with Crippen LogP contribution in [0, 0.1) is 6.92 Å². The minimum atomic E-state index is -3.65. The zero-order valence-electron chi connectivity index (χ0n) is 21.8. The zero-order chi connectivity index (χ0) is 27.6. The first-order chi connectivity index (χ1) is 18.7. The van der Waals surface area contributed by atoms with E-state index in [0.29, 0.717) is 54.6 Å². The lowest BCUT2D eigenvalue weighted by atomic mass is 10.0. The number of nitrogens with one attached hydrogen (secondary N) is 1. The van der Waals surface area contributed by atoms with E-state index in [1.165, 1.54) is 0 Å². The SMILES string of the molecule is Cc1ccc(-c2nnc(Nc3ccc(OCC(N)=O)cc3)c3ccccc23)cc1S(=O)(=O)N1CCN(C)CC1. The number of aromatic nitrogens is 2. The predicted molar refractivity (Wildman–Crippen MR) is 150 cm³/mol. The van der Waals surface area contributed by atoms with E-state index >= 15 is 0 Å². The van der Waals surface area contributed by atoms with Crippen molar-refractivity contribution in [3.63, 3.8) is 0 Å². The summed E-state index contributed by atoms with van der Waals surface area (Å²) < 4.78 is 34.0. The number of fused-ring (bicyclic) bond motifs is 1. The van der Waals surface area contributed by atoms with Crippen molar-refractivity contribution < 1.29 is 17.9 Å². The third-order valence-electron chi connectivity index (χ3n) is 6.73. The molecule has 3 aromatic carbocycles. The molecule has 0 unspecified atom stereocenters. The number of hydrogen-bond donors (Lipinski definition) is 2. The number of sulfonamides is 1. The topological polar surface area (TPSA) is 131 Å². The number of primary amides is 1. The molecule has 4 aromatic rings. The van der Waals surface area contributed by atoms with E-state index in [1.54, 1.807) is 34.6 Å². The molecule has 3 N–H and O–H groups in total. The number of piperazine rings is 1. The molecule has 2 heterocycles. The van der Waals surface area contributed by atoms with Gasteiger partial charge in [0.05, 0.1) is 4.90 Å². The summed E-state index contributed by atoms with van der Waals surface area (Å²) in [5.41, 5.74) is 7.85. The van der Waals surface area contributed by atoms with Gasteiger partial charge in [-0.1, -0.05) is 36.4 Å². The summed E-state index contributed by atoms with van der Waals surface area (Å²) in [6.07, 6.45) is 0. The summed E-state index contributed by atoms with van der Waals surface area (Å²) in [4.78, 5) is 13.4. The van der Waals surface area contributed by atoms with Gasteiger partial charge in [-0.2, -0.15) is 4.31 Å². The molecule has 39 heavy (non-hydrogen) atoms. The number of rotatable bonds is 8. The van der Waals surface area contributed by atoms with E-state index in [-0.39, 0.29) is 11.5 Å². The lowest BCUT2D eigenvalue weighted by molar-refractivity contribution is -0.119. The van der Waals surface area contributed by atoms with Gasteiger partial charge in [0.2, 0.25) is 10.0 Å². The lowest BCUT2D eigenvalue weighted by Gasteiger charge is -2.32. The third kappa shape index (κ3) is 5.70. The van der Waals surface area contributed by atoms with Crippen LogP contribution >= 0.6 is 0 Å². The number of hydrogen-bond acceptors (Lipinski definition) is 8. The van der Waals surface area contributed by atoms with Crippen LogP contribution in [0.3, 0.4) is 0 Å². The van der Waals surface area contributed by atoms with Crippen molar-refractivity contribution in [2.75, 3.05) is 45.2 Å². The average molecular weight is 547 g/mol. The Labute approximate surface area is 227 Å². The van der Waals surface area contributed by atoms with Crippen LogP contribution in [0.2, 0.25) is 0 Å². The fourth-order valence-corrected chi connectivity index (χ4v) is 6.20. The fraction of sp³-hybridized carbons (Fsp3) is 0.250. The van der Waals surface area contributed by atoms with Crippen molar-refractivity contribution in [3.05, 3.63) is 72.3 Å². The van der Waals surface area contributed by atoms with Gasteiger partial charge in [0.15, 0.2) is 12.4 Å². The first-order valence-electron chi connectivity index (χ1n) is 12.6. The van der Waals surface area contributed by atoms with Crippen molar-refractivity contribution in [2.24, 2.45) is 5.73 Å². The number of anilines is 2. The Morgan fingerprint density at radius 3 is 2.36 bits per heavy atom. The van der Waals surface area contributed by atoms with E-state index < -0.39 is 15.9 Å². The normalized spacial score (nSPS) is 14.8. The summed E-state index contributed by atoms with van der Waals surface area (Å²) in [6.45, 7) is 3.94. The number of aryl methyl sites for hydroxylation is 1. The maximum Gasteiger partial charge on any atom is 0.255 e. The number of nitrogens with two attached hydrogens (primary N) is 1. The minimum Gasteiger partial charge on any atom is -0.484 e. The second kappa shape index (κ2) is 11.0. The molecule has 10 nitrogen and oxygen atoms in total. The number of nitrogens with zero attached hydrogens (tertiary/aromatic N) is 4. The number of ether oxygens (including phenoxy) is 1. The number of likely N-dealkylation sites (N-methyl/N-ethyl adjacent to an activating group) is 1. The number of amides is 1. The molecule has 0 saturated carbocycles. The molecular formula is C28H30N6O4S. The molecule has 1 aliphatic heterocycles. The summed E-state index contributed by atoms with van der Waals surface area (Å²) in [7, 11) is -1.66. The van der Waals surface area contributed by atoms with Gasteiger partial charge in [-0.3, -0.25) is 4.79 Å². The van der Waals surface area contributed by atoms with Crippen molar-refractivity contribution >= 4 is 38.2 Å². The van der Waals surface area contributed by atoms with Crippen LogP contribution in [-0.4, -0.2) is 73.6 Å². The lowest BCUT2D eigenvalue weighted by Crippen LogP contribution is -2.47. The molecule has 1 amide bonds. The second-order valence-electron chi connectivity index (χ2n) is 9.53. The Bertz CT molecular complexity index is 1620. The first kappa shape index (κ1) is 26.5. The van der Waals surface area contributed by atoms with E-state index in [2.05, 4.69) is 20.4 Å². The molecule has 1 aliphatic rings. The Kier molecular flexibility index (Phi) is 7.47. The molecule has 1 aromatic heterocycles. The number of benzene rings is 3. The molecule has 11 heteroatoms. The maximum atomic E-state index is 13.5. The first-order valence-corrected chi connectivity index (χ1v) is 14.0. The van der Waals surface area contributed by atoms with Gasteiger partial charge in [0, 0.05) is 48.2 Å². The smallest absolute Gasteiger partial charge is 0.255 e.